The van der Waals surface area contributed by atoms with Gasteiger partial charge in [-0.15, -0.1) is 0 Å². The van der Waals surface area contributed by atoms with E-state index in [1.54, 1.807) is 0 Å². The molecule has 2 fully saturated rings. The first kappa shape index (κ1) is 20.1. The Hall–Kier alpha value is -0.260. The molecule has 1 aliphatic carbocycles. The van der Waals surface area contributed by atoms with Crippen molar-refractivity contribution in [1.29, 1.82) is 0 Å². The van der Waals surface area contributed by atoms with Crippen molar-refractivity contribution in [2.24, 2.45) is 5.92 Å². The molecule has 0 spiro atoms. The van der Waals surface area contributed by atoms with E-state index >= 15 is 0 Å². The summed E-state index contributed by atoms with van der Waals surface area (Å²) in [7, 11) is 0. The minimum Gasteiger partial charge on any atom is -0.376 e. The summed E-state index contributed by atoms with van der Waals surface area (Å²) in [5.74, 6) is -2.40. The first-order valence-electron chi connectivity index (χ1n) is 9.75. The second-order valence-corrected chi connectivity index (χ2v) is 8.29. The van der Waals surface area contributed by atoms with E-state index in [-0.39, 0.29) is 31.1 Å². The number of nitrogens with zero attached hydrogens (tertiary/aromatic N) is 2. The summed E-state index contributed by atoms with van der Waals surface area (Å²) in [4.78, 5) is 4.32. The molecule has 0 amide bonds. The van der Waals surface area contributed by atoms with Crippen molar-refractivity contribution in [2.45, 2.75) is 84.0 Å². The molecule has 1 heterocycles. The highest BCUT2D eigenvalue weighted by atomic mass is 19.3. The summed E-state index contributed by atoms with van der Waals surface area (Å²) in [6, 6.07) is 0.510. The van der Waals surface area contributed by atoms with Crippen LogP contribution in [0.4, 0.5) is 8.78 Å². The van der Waals surface area contributed by atoms with Gasteiger partial charge >= 0.3 is 0 Å². The lowest BCUT2D eigenvalue weighted by Crippen LogP contribution is -2.51. The van der Waals surface area contributed by atoms with Crippen molar-refractivity contribution >= 4 is 0 Å². The van der Waals surface area contributed by atoms with E-state index in [1.165, 1.54) is 0 Å². The predicted molar refractivity (Wildman–Crippen MR) is 94.7 cm³/mol. The average Bonchev–Trinajstić information content (AvgIpc) is 2.48. The average molecular weight is 347 g/mol. The highest BCUT2D eigenvalue weighted by Crippen LogP contribution is 2.35. The summed E-state index contributed by atoms with van der Waals surface area (Å²) >= 11 is 0. The van der Waals surface area contributed by atoms with E-state index in [2.05, 4.69) is 18.7 Å². The van der Waals surface area contributed by atoms with E-state index in [0.29, 0.717) is 6.04 Å². The van der Waals surface area contributed by atoms with Gasteiger partial charge in [0.05, 0.1) is 18.8 Å². The second kappa shape index (κ2) is 8.91. The number of rotatable bonds is 7. The summed E-state index contributed by atoms with van der Waals surface area (Å²) in [6.45, 7) is 11.7. The monoisotopic (exact) mass is 346 g/mol. The molecule has 0 bridgehead atoms. The quantitative estimate of drug-likeness (QED) is 0.692. The smallest absolute Gasteiger partial charge is 0.260 e. The molecule has 24 heavy (non-hydrogen) atoms. The van der Waals surface area contributed by atoms with E-state index in [1.807, 2.05) is 18.7 Å². The Bertz CT molecular complexity index is 360. The number of halogens is 2. The van der Waals surface area contributed by atoms with Crippen LogP contribution in [0.15, 0.2) is 0 Å². The van der Waals surface area contributed by atoms with Crippen LogP contribution in [0.3, 0.4) is 0 Å². The molecule has 1 saturated carbocycles. The Morgan fingerprint density at radius 2 is 1.54 bits per heavy atom. The maximum absolute atomic E-state index is 14.5. The SMILES string of the molecule is CC(C)O[C@H]1CC[C@H](CC(F)(F)CN2CCN(C(C)C)CC2)CC1. The van der Waals surface area contributed by atoms with Crippen molar-refractivity contribution in [3.05, 3.63) is 0 Å². The minimum absolute atomic E-state index is 0.0474. The molecule has 2 aliphatic rings. The molecule has 142 valence electrons. The molecular weight excluding hydrogens is 310 g/mol. The second-order valence-electron chi connectivity index (χ2n) is 8.29. The molecule has 2 rings (SSSR count). The van der Waals surface area contributed by atoms with Gasteiger partial charge in [0.25, 0.3) is 5.92 Å². The lowest BCUT2D eigenvalue weighted by Gasteiger charge is -2.39. The fourth-order valence-corrected chi connectivity index (χ4v) is 4.11. The van der Waals surface area contributed by atoms with Crippen LogP contribution >= 0.6 is 0 Å². The predicted octanol–water partition coefficient (Wildman–Crippen LogP) is 4.02. The van der Waals surface area contributed by atoms with Gasteiger partial charge in [0.15, 0.2) is 0 Å². The van der Waals surface area contributed by atoms with Crippen molar-refractivity contribution in [2.75, 3.05) is 32.7 Å². The van der Waals surface area contributed by atoms with Crippen LogP contribution < -0.4 is 0 Å². The van der Waals surface area contributed by atoms with Gasteiger partial charge in [-0.3, -0.25) is 9.80 Å². The minimum atomic E-state index is -2.56. The summed E-state index contributed by atoms with van der Waals surface area (Å²) < 4.78 is 34.8. The third kappa shape index (κ3) is 6.57. The molecule has 0 aromatic heterocycles. The van der Waals surface area contributed by atoms with E-state index in [0.717, 1.165) is 51.9 Å². The summed E-state index contributed by atoms with van der Waals surface area (Å²) in [5, 5.41) is 0. The van der Waals surface area contributed by atoms with Crippen LogP contribution in [-0.4, -0.2) is 66.7 Å². The van der Waals surface area contributed by atoms with Gasteiger partial charge in [0.1, 0.15) is 0 Å². The molecule has 0 radical (unpaired) electrons. The van der Waals surface area contributed by atoms with E-state index < -0.39 is 5.92 Å². The zero-order valence-corrected chi connectivity index (χ0v) is 15.9. The molecule has 0 atom stereocenters. The first-order valence-corrected chi connectivity index (χ1v) is 9.75. The summed E-state index contributed by atoms with van der Waals surface area (Å²) in [5.41, 5.74) is 0. The molecule has 1 aliphatic heterocycles. The van der Waals surface area contributed by atoms with Crippen LogP contribution in [0, 0.1) is 5.92 Å². The van der Waals surface area contributed by atoms with Gasteiger partial charge in [0.2, 0.25) is 0 Å². The highest BCUT2D eigenvalue weighted by Gasteiger charge is 2.37. The number of hydrogen-bond acceptors (Lipinski definition) is 3. The molecule has 0 unspecified atom stereocenters. The standard InChI is InChI=1S/C19H36F2N2O/c1-15(2)23-11-9-22(10-12-23)14-19(20,21)13-17-5-7-18(8-6-17)24-16(3)4/h15-18H,5-14H2,1-4H3/t17-,18-. The fourth-order valence-electron chi connectivity index (χ4n) is 4.11. The highest BCUT2D eigenvalue weighted by molar-refractivity contribution is 4.83. The van der Waals surface area contributed by atoms with E-state index in [4.69, 9.17) is 4.74 Å². The van der Waals surface area contributed by atoms with Crippen LogP contribution in [-0.2, 0) is 4.74 Å². The summed E-state index contributed by atoms with van der Waals surface area (Å²) in [6.07, 6.45) is 4.20. The van der Waals surface area contributed by atoms with Crippen molar-refractivity contribution < 1.29 is 13.5 Å². The Morgan fingerprint density at radius 1 is 0.958 bits per heavy atom. The number of alkyl halides is 2. The van der Waals surface area contributed by atoms with Gasteiger partial charge in [-0.25, -0.2) is 8.78 Å². The van der Waals surface area contributed by atoms with Crippen LogP contribution in [0.2, 0.25) is 0 Å². The van der Waals surface area contributed by atoms with Crippen LogP contribution in [0.1, 0.15) is 59.8 Å². The Labute approximate surface area is 146 Å². The normalized spacial score (nSPS) is 28.0. The third-order valence-electron chi connectivity index (χ3n) is 5.44. The lowest BCUT2D eigenvalue weighted by atomic mass is 9.83. The molecule has 5 heteroatoms. The maximum Gasteiger partial charge on any atom is 0.260 e. The molecule has 0 aromatic carbocycles. The van der Waals surface area contributed by atoms with Gasteiger partial charge < -0.3 is 4.74 Å². The number of piperazine rings is 1. The largest absolute Gasteiger partial charge is 0.376 e. The number of ether oxygens (including phenoxy) is 1. The number of hydrogen-bond donors (Lipinski definition) is 0. The van der Waals surface area contributed by atoms with Crippen LogP contribution in [0.25, 0.3) is 0 Å². The van der Waals surface area contributed by atoms with Crippen molar-refractivity contribution in [1.82, 2.24) is 9.80 Å². The molecule has 0 N–H and O–H groups in total. The third-order valence-corrected chi connectivity index (χ3v) is 5.44. The van der Waals surface area contributed by atoms with Gasteiger partial charge in [-0.1, -0.05) is 0 Å². The zero-order chi connectivity index (χ0) is 17.7. The topological polar surface area (TPSA) is 15.7 Å². The Balaban J connectivity index is 1.70. The fraction of sp³-hybridized carbons (Fsp3) is 1.00. The van der Waals surface area contributed by atoms with E-state index in [9.17, 15) is 8.78 Å². The van der Waals surface area contributed by atoms with Gasteiger partial charge in [-0.05, 0) is 59.3 Å². The molecule has 1 saturated heterocycles. The van der Waals surface area contributed by atoms with Crippen molar-refractivity contribution in [3.8, 4) is 0 Å². The zero-order valence-electron chi connectivity index (χ0n) is 15.9. The van der Waals surface area contributed by atoms with Gasteiger partial charge in [-0.2, -0.15) is 0 Å². The molecule has 3 nitrogen and oxygen atoms in total. The Kier molecular flexibility index (Phi) is 7.44. The maximum atomic E-state index is 14.5. The van der Waals surface area contributed by atoms with Crippen LogP contribution in [0.5, 0.6) is 0 Å². The first-order chi connectivity index (χ1) is 11.2. The lowest BCUT2D eigenvalue weighted by molar-refractivity contribution is -0.0731. The molecular formula is C19H36F2N2O. The van der Waals surface area contributed by atoms with Crippen molar-refractivity contribution in [3.63, 3.8) is 0 Å². The van der Waals surface area contributed by atoms with Gasteiger partial charge in [0, 0.05) is 38.6 Å². The molecule has 0 aromatic rings. The Morgan fingerprint density at radius 3 is 2.04 bits per heavy atom.